The van der Waals surface area contributed by atoms with E-state index in [-0.39, 0.29) is 0 Å². The van der Waals surface area contributed by atoms with E-state index in [0.29, 0.717) is 0 Å². The maximum absolute atomic E-state index is 3.53. The van der Waals surface area contributed by atoms with Crippen LogP contribution in [-0.2, 0) is 13.0 Å². The van der Waals surface area contributed by atoms with Gasteiger partial charge in [0.2, 0.25) is 0 Å². The van der Waals surface area contributed by atoms with Crippen LogP contribution in [0.2, 0.25) is 0 Å². The van der Waals surface area contributed by atoms with Gasteiger partial charge >= 0.3 is 0 Å². The third kappa shape index (κ3) is 2.83. The molecule has 2 aliphatic heterocycles. The summed E-state index contributed by atoms with van der Waals surface area (Å²) < 4.78 is 0. The Morgan fingerprint density at radius 2 is 1.95 bits per heavy atom. The van der Waals surface area contributed by atoms with Gasteiger partial charge < -0.3 is 5.32 Å². The molecule has 2 fully saturated rings. The molecule has 1 aromatic carbocycles. The van der Waals surface area contributed by atoms with E-state index in [0.717, 1.165) is 18.5 Å². The number of benzene rings is 1. The van der Waals surface area contributed by atoms with Gasteiger partial charge in [0, 0.05) is 24.8 Å². The minimum absolute atomic E-state index is 0.877. The highest BCUT2D eigenvalue weighted by Crippen LogP contribution is 2.36. The second kappa shape index (κ2) is 6.00. The largest absolute Gasteiger partial charge is 0.385 e. The number of nitrogens with one attached hydrogen (secondary N) is 1. The van der Waals surface area contributed by atoms with E-state index in [1.165, 1.54) is 81.3 Å². The molecule has 4 rings (SSSR count). The molecule has 1 N–H and O–H groups in total. The number of fused-ring (bicyclic) bond motifs is 2. The molecular formula is C19H28N2. The van der Waals surface area contributed by atoms with Crippen molar-refractivity contribution in [2.24, 2.45) is 5.92 Å². The lowest BCUT2D eigenvalue weighted by atomic mass is 9.78. The molecule has 2 heteroatoms. The highest BCUT2D eigenvalue weighted by atomic mass is 15.2. The lowest BCUT2D eigenvalue weighted by Crippen LogP contribution is -2.46. The van der Waals surface area contributed by atoms with Gasteiger partial charge in [0.1, 0.15) is 0 Å². The fourth-order valence-electron chi connectivity index (χ4n) is 4.79. The Kier molecular flexibility index (Phi) is 3.89. The van der Waals surface area contributed by atoms with E-state index in [2.05, 4.69) is 28.4 Å². The number of hydrogen-bond donors (Lipinski definition) is 1. The van der Waals surface area contributed by atoms with E-state index < -0.39 is 0 Å². The minimum atomic E-state index is 0.877. The molecule has 2 nitrogen and oxygen atoms in total. The fourth-order valence-corrected chi connectivity index (χ4v) is 4.79. The van der Waals surface area contributed by atoms with Crippen LogP contribution in [0.25, 0.3) is 0 Å². The Balaban J connectivity index is 1.49. The van der Waals surface area contributed by atoms with Gasteiger partial charge in [-0.05, 0) is 68.2 Å². The first-order valence-electron chi connectivity index (χ1n) is 9.00. The minimum Gasteiger partial charge on any atom is -0.385 e. The lowest BCUT2D eigenvalue weighted by Gasteiger charge is -2.44. The maximum Gasteiger partial charge on any atom is 0.0372 e. The molecule has 1 aromatic rings. The summed E-state index contributed by atoms with van der Waals surface area (Å²) in [5.41, 5.74) is 4.44. The molecule has 0 aromatic heterocycles. The zero-order valence-corrected chi connectivity index (χ0v) is 13.1. The van der Waals surface area contributed by atoms with Crippen molar-refractivity contribution in [2.75, 3.05) is 18.4 Å². The number of likely N-dealkylation sites (tertiary alicyclic amines) is 1. The van der Waals surface area contributed by atoms with Crippen molar-refractivity contribution in [2.45, 2.75) is 64.0 Å². The van der Waals surface area contributed by atoms with Crippen LogP contribution in [0.15, 0.2) is 18.2 Å². The van der Waals surface area contributed by atoms with Gasteiger partial charge in [-0.1, -0.05) is 25.0 Å². The average molecular weight is 284 g/mol. The van der Waals surface area contributed by atoms with Crippen molar-refractivity contribution in [1.29, 1.82) is 0 Å². The highest BCUT2D eigenvalue weighted by molar-refractivity contribution is 5.54. The SMILES string of the molecule is c1cc2c(cc1CN1CCC[C@H]3CCCC[C@H]31)CCCN2. The predicted octanol–water partition coefficient (Wildman–Crippen LogP) is 4.20. The van der Waals surface area contributed by atoms with Crippen molar-refractivity contribution >= 4 is 5.69 Å². The molecule has 1 aliphatic carbocycles. The second-order valence-corrected chi connectivity index (χ2v) is 7.25. The standard InChI is InChI=1S/C19H28N2/c1-2-8-19-16(5-1)7-4-12-21(19)14-15-9-10-18-17(13-15)6-3-11-20-18/h9-10,13,16,19-20H,1-8,11-12,14H2/t16-,19-/m1/s1. The summed E-state index contributed by atoms with van der Waals surface area (Å²) in [6.45, 7) is 3.63. The zero-order chi connectivity index (χ0) is 14.1. The summed E-state index contributed by atoms with van der Waals surface area (Å²) in [7, 11) is 0. The summed E-state index contributed by atoms with van der Waals surface area (Å²) >= 11 is 0. The van der Waals surface area contributed by atoms with Crippen LogP contribution in [0.3, 0.4) is 0 Å². The quantitative estimate of drug-likeness (QED) is 0.875. The molecule has 2 heterocycles. The second-order valence-electron chi connectivity index (χ2n) is 7.25. The molecule has 3 aliphatic rings. The van der Waals surface area contributed by atoms with Crippen LogP contribution in [0, 0.1) is 5.92 Å². The molecule has 0 radical (unpaired) electrons. The van der Waals surface area contributed by atoms with E-state index in [1.807, 2.05) is 0 Å². The van der Waals surface area contributed by atoms with Crippen molar-refractivity contribution in [3.05, 3.63) is 29.3 Å². The Hall–Kier alpha value is -1.02. The maximum atomic E-state index is 3.53. The van der Waals surface area contributed by atoms with E-state index in [1.54, 1.807) is 0 Å². The molecular weight excluding hydrogens is 256 g/mol. The van der Waals surface area contributed by atoms with E-state index in [4.69, 9.17) is 0 Å². The van der Waals surface area contributed by atoms with Crippen LogP contribution in [0.5, 0.6) is 0 Å². The van der Waals surface area contributed by atoms with Gasteiger partial charge in [-0.25, -0.2) is 0 Å². The summed E-state index contributed by atoms with van der Waals surface area (Å²) in [5.74, 6) is 0.992. The summed E-state index contributed by atoms with van der Waals surface area (Å²) in [5, 5.41) is 3.53. The van der Waals surface area contributed by atoms with Crippen molar-refractivity contribution < 1.29 is 0 Å². The molecule has 114 valence electrons. The Labute approximate surface area is 128 Å². The van der Waals surface area contributed by atoms with Gasteiger partial charge in [0.25, 0.3) is 0 Å². The van der Waals surface area contributed by atoms with Crippen molar-refractivity contribution in [1.82, 2.24) is 4.90 Å². The Morgan fingerprint density at radius 3 is 2.95 bits per heavy atom. The summed E-state index contributed by atoms with van der Waals surface area (Å²) in [4.78, 5) is 2.80. The Bertz CT molecular complexity index is 494. The average Bonchev–Trinajstić information content (AvgIpc) is 2.55. The molecule has 0 bridgehead atoms. The van der Waals surface area contributed by atoms with Crippen LogP contribution < -0.4 is 5.32 Å². The van der Waals surface area contributed by atoms with E-state index >= 15 is 0 Å². The number of rotatable bonds is 2. The molecule has 2 atom stereocenters. The topological polar surface area (TPSA) is 15.3 Å². The molecule has 0 unspecified atom stereocenters. The van der Waals surface area contributed by atoms with Crippen LogP contribution in [0.1, 0.15) is 56.1 Å². The van der Waals surface area contributed by atoms with Crippen molar-refractivity contribution in [3.63, 3.8) is 0 Å². The first kappa shape index (κ1) is 13.6. The number of piperidine rings is 1. The van der Waals surface area contributed by atoms with Crippen LogP contribution >= 0.6 is 0 Å². The molecule has 1 saturated heterocycles. The predicted molar refractivity (Wildman–Crippen MR) is 88.6 cm³/mol. The number of anilines is 1. The zero-order valence-electron chi connectivity index (χ0n) is 13.1. The fraction of sp³-hybridized carbons (Fsp3) is 0.684. The third-order valence-electron chi connectivity index (χ3n) is 5.85. The van der Waals surface area contributed by atoms with Gasteiger partial charge in [-0.3, -0.25) is 4.90 Å². The third-order valence-corrected chi connectivity index (χ3v) is 5.85. The molecule has 0 spiro atoms. The summed E-state index contributed by atoms with van der Waals surface area (Å²) in [6, 6.07) is 8.01. The first-order chi connectivity index (χ1) is 10.4. The monoisotopic (exact) mass is 284 g/mol. The number of hydrogen-bond acceptors (Lipinski definition) is 2. The van der Waals surface area contributed by atoms with Gasteiger partial charge in [0.15, 0.2) is 0 Å². The smallest absolute Gasteiger partial charge is 0.0372 e. The number of aryl methyl sites for hydroxylation is 1. The van der Waals surface area contributed by atoms with Gasteiger partial charge in [-0.2, -0.15) is 0 Å². The van der Waals surface area contributed by atoms with Gasteiger partial charge in [0.05, 0.1) is 0 Å². The van der Waals surface area contributed by atoms with Crippen LogP contribution in [0.4, 0.5) is 5.69 Å². The van der Waals surface area contributed by atoms with Gasteiger partial charge in [-0.15, -0.1) is 0 Å². The molecule has 1 saturated carbocycles. The van der Waals surface area contributed by atoms with Crippen LogP contribution in [-0.4, -0.2) is 24.0 Å². The normalized spacial score (nSPS) is 29.3. The first-order valence-corrected chi connectivity index (χ1v) is 9.00. The van der Waals surface area contributed by atoms with E-state index in [9.17, 15) is 0 Å². The lowest BCUT2D eigenvalue weighted by molar-refractivity contribution is 0.0547. The highest BCUT2D eigenvalue weighted by Gasteiger charge is 2.32. The summed E-state index contributed by atoms with van der Waals surface area (Å²) in [6.07, 6.45) is 11.3. The molecule has 21 heavy (non-hydrogen) atoms. The van der Waals surface area contributed by atoms with Crippen molar-refractivity contribution in [3.8, 4) is 0 Å². The Morgan fingerprint density at radius 1 is 1.05 bits per heavy atom. The molecule has 0 amide bonds. The number of nitrogens with zero attached hydrogens (tertiary/aromatic N) is 1.